The van der Waals surface area contributed by atoms with E-state index in [0.717, 1.165) is 0 Å². The Kier molecular flexibility index (Phi) is 2.34. The molecular formula is C10H17NSSi. The third kappa shape index (κ3) is 1.87. The Morgan fingerprint density at radius 1 is 1.38 bits per heavy atom. The van der Waals surface area contributed by atoms with Crippen LogP contribution in [0.4, 0.5) is 0 Å². The number of thiophene rings is 1. The molecule has 0 unspecified atom stereocenters. The van der Waals surface area contributed by atoms with Crippen molar-refractivity contribution in [2.75, 3.05) is 6.54 Å². The third-order valence-electron chi connectivity index (χ3n) is 2.76. The van der Waals surface area contributed by atoms with E-state index in [1.165, 1.54) is 19.5 Å². The van der Waals surface area contributed by atoms with Crippen LogP contribution < -0.4 is 0 Å². The van der Waals surface area contributed by atoms with Crippen molar-refractivity contribution in [3.05, 3.63) is 21.9 Å². The Bertz CT molecular complexity index is 300. The van der Waals surface area contributed by atoms with Crippen LogP contribution in [0.2, 0.25) is 19.6 Å². The van der Waals surface area contributed by atoms with Crippen LogP contribution in [0.25, 0.3) is 0 Å². The highest BCUT2D eigenvalue weighted by Crippen LogP contribution is 2.26. The molecule has 2 rings (SSSR count). The van der Waals surface area contributed by atoms with Crippen molar-refractivity contribution in [2.45, 2.75) is 32.6 Å². The van der Waals surface area contributed by atoms with Gasteiger partial charge in [-0.25, -0.2) is 0 Å². The largest absolute Gasteiger partial charge is 0.320 e. The topological polar surface area (TPSA) is 3.24 Å². The molecule has 0 atom stereocenters. The van der Waals surface area contributed by atoms with Crippen LogP contribution >= 0.6 is 11.3 Å². The average molecular weight is 211 g/mol. The molecule has 0 N–H and O–H groups in total. The first-order valence-corrected chi connectivity index (χ1v) is 9.20. The Morgan fingerprint density at radius 3 is 2.85 bits per heavy atom. The van der Waals surface area contributed by atoms with Crippen LogP contribution in [0.5, 0.6) is 0 Å². The highest BCUT2D eigenvalue weighted by Gasteiger charge is 2.27. The van der Waals surface area contributed by atoms with Crippen molar-refractivity contribution in [3.8, 4) is 0 Å². The standard InChI is InChI=1S/C10H17NSSi/c1-13(2,3)11-6-4-10-9(8-11)5-7-12-10/h5,7H,4,6,8H2,1-3H3. The minimum absolute atomic E-state index is 1.06. The number of hydrogen-bond acceptors (Lipinski definition) is 2. The lowest BCUT2D eigenvalue weighted by molar-refractivity contribution is 0.401. The Balaban J connectivity index is 2.18. The highest BCUT2D eigenvalue weighted by atomic mass is 32.1. The van der Waals surface area contributed by atoms with E-state index in [1.807, 2.05) is 11.3 Å². The van der Waals surface area contributed by atoms with E-state index in [1.54, 1.807) is 10.4 Å². The average Bonchev–Trinajstić information content (AvgIpc) is 2.47. The van der Waals surface area contributed by atoms with Gasteiger partial charge in [-0.1, -0.05) is 19.6 Å². The zero-order valence-electron chi connectivity index (χ0n) is 8.63. The maximum Gasteiger partial charge on any atom is 0.119 e. The summed E-state index contributed by atoms with van der Waals surface area (Å²) in [6.07, 6.45) is 1.28. The molecule has 0 spiro atoms. The molecule has 0 saturated carbocycles. The molecule has 1 nitrogen and oxygen atoms in total. The predicted molar refractivity (Wildman–Crippen MR) is 61.8 cm³/mol. The van der Waals surface area contributed by atoms with E-state index in [0.29, 0.717) is 0 Å². The van der Waals surface area contributed by atoms with Gasteiger partial charge in [0.1, 0.15) is 8.24 Å². The molecule has 0 aromatic carbocycles. The SMILES string of the molecule is C[Si](C)(C)N1CCc2sccc2C1. The lowest BCUT2D eigenvalue weighted by atomic mass is 10.1. The summed E-state index contributed by atoms with van der Waals surface area (Å²) in [6, 6.07) is 2.30. The van der Waals surface area contributed by atoms with Gasteiger partial charge in [0.2, 0.25) is 0 Å². The quantitative estimate of drug-likeness (QED) is 0.646. The van der Waals surface area contributed by atoms with E-state index in [4.69, 9.17) is 0 Å². The molecule has 3 heteroatoms. The normalized spacial score (nSPS) is 18.7. The zero-order valence-corrected chi connectivity index (χ0v) is 10.4. The molecule has 1 aliphatic rings. The fourth-order valence-electron chi connectivity index (χ4n) is 1.82. The number of fused-ring (bicyclic) bond motifs is 1. The zero-order chi connectivity index (χ0) is 9.47. The lowest BCUT2D eigenvalue weighted by Crippen LogP contribution is -2.48. The third-order valence-corrected chi connectivity index (χ3v) is 6.06. The summed E-state index contributed by atoms with van der Waals surface area (Å²) < 4.78 is 2.70. The van der Waals surface area contributed by atoms with Crippen LogP contribution in [0, 0.1) is 0 Å². The summed E-state index contributed by atoms with van der Waals surface area (Å²) in [4.78, 5) is 1.62. The molecule has 0 bridgehead atoms. The second-order valence-corrected chi connectivity index (χ2v) is 10.7. The molecule has 13 heavy (non-hydrogen) atoms. The van der Waals surface area contributed by atoms with Gasteiger partial charge < -0.3 is 4.57 Å². The second-order valence-electron chi connectivity index (χ2n) is 4.71. The maximum absolute atomic E-state index is 2.70. The van der Waals surface area contributed by atoms with Crippen molar-refractivity contribution in [3.63, 3.8) is 0 Å². The van der Waals surface area contributed by atoms with Gasteiger partial charge in [-0.2, -0.15) is 0 Å². The first-order chi connectivity index (χ1) is 6.07. The van der Waals surface area contributed by atoms with Crippen molar-refractivity contribution in [1.82, 2.24) is 4.57 Å². The molecule has 0 fully saturated rings. The van der Waals surface area contributed by atoms with Crippen molar-refractivity contribution < 1.29 is 0 Å². The summed E-state index contributed by atoms with van der Waals surface area (Å²) in [5.41, 5.74) is 1.58. The molecule has 0 radical (unpaired) electrons. The minimum Gasteiger partial charge on any atom is -0.320 e. The fraction of sp³-hybridized carbons (Fsp3) is 0.600. The first kappa shape index (κ1) is 9.43. The summed E-state index contributed by atoms with van der Waals surface area (Å²) in [7, 11) is -1.06. The maximum atomic E-state index is 2.70. The van der Waals surface area contributed by atoms with Crippen molar-refractivity contribution >= 4 is 19.6 Å². The smallest absolute Gasteiger partial charge is 0.119 e. The molecule has 0 saturated heterocycles. The molecule has 1 aliphatic heterocycles. The molecule has 0 aliphatic carbocycles. The van der Waals surface area contributed by atoms with E-state index in [9.17, 15) is 0 Å². The van der Waals surface area contributed by atoms with Crippen molar-refractivity contribution in [1.29, 1.82) is 0 Å². The van der Waals surface area contributed by atoms with E-state index in [2.05, 4.69) is 35.7 Å². The van der Waals surface area contributed by atoms with Crippen molar-refractivity contribution in [2.24, 2.45) is 0 Å². The van der Waals surface area contributed by atoms with E-state index >= 15 is 0 Å². The van der Waals surface area contributed by atoms with Gasteiger partial charge in [-0.3, -0.25) is 0 Å². The molecule has 2 heterocycles. The molecular weight excluding hydrogens is 194 g/mol. The molecule has 0 amide bonds. The monoisotopic (exact) mass is 211 g/mol. The Hall–Kier alpha value is -0.123. The van der Waals surface area contributed by atoms with E-state index in [-0.39, 0.29) is 0 Å². The van der Waals surface area contributed by atoms with Crippen LogP contribution in [-0.4, -0.2) is 19.3 Å². The van der Waals surface area contributed by atoms with Gasteiger partial charge in [0.15, 0.2) is 0 Å². The summed E-state index contributed by atoms with van der Waals surface area (Å²) in [6.45, 7) is 9.79. The van der Waals surface area contributed by atoms with Crippen LogP contribution in [0.1, 0.15) is 10.4 Å². The van der Waals surface area contributed by atoms with Gasteiger partial charge in [0, 0.05) is 11.4 Å². The summed E-state index contributed by atoms with van der Waals surface area (Å²) >= 11 is 1.93. The molecule has 72 valence electrons. The number of rotatable bonds is 1. The summed E-state index contributed by atoms with van der Waals surface area (Å²) in [5, 5.41) is 2.23. The second kappa shape index (κ2) is 3.22. The number of hydrogen-bond donors (Lipinski definition) is 0. The van der Waals surface area contributed by atoms with Gasteiger partial charge in [-0.15, -0.1) is 11.3 Å². The molecule has 1 aromatic heterocycles. The predicted octanol–water partition coefficient (Wildman–Crippen LogP) is 2.94. The van der Waals surface area contributed by atoms with Gasteiger partial charge in [0.25, 0.3) is 0 Å². The van der Waals surface area contributed by atoms with Gasteiger partial charge in [0.05, 0.1) is 0 Å². The molecule has 1 aromatic rings. The van der Waals surface area contributed by atoms with E-state index < -0.39 is 8.24 Å². The lowest BCUT2D eigenvalue weighted by Gasteiger charge is -2.36. The van der Waals surface area contributed by atoms with Crippen LogP contribution in [0.3, 0.4) is 0 Å². The highest BCUT2D eigenvalue weighted by molar-refractivity contribution is 7.10. The first-order valence-electron chi connectivity index (χ1n) is 4.88. The Morgan fingerprint density at radius 2 is 2.15 bits per heavy atom. The summed E-state index contributed by atoms with van der Waals surface area (Å²) in [5.74, 6) is 0. The van der Waals surface area contributed by atoms with Crippen LogP contribution in [-0.2, 0) is 13.0 Å². The van der Waals surface area contributed by atoms with Gasteiger partial charge >= 0.3 is 0 Å². The minimum atomic E-state index is -1.06. The fourth-order valence-corrected chi connectivity index (χ4v) is 4.14. The number of nitrogens with zero attached hydrogens (tertiary/aromatic N) is 1. The Labute approximate surface area is 85.5 Å². The van der Waals surface area contributed by atoms with Crippen LogP contribution in [0.15, 0.2) is 11.4 Å². The van der Waals surface area contributed by atoms with Gasteiger partial charge in [-0.05, 0) is 30.0 Å².